The summed E-state index contributed by atoms with van der Waals surface area (Å²) < 4.78 is 5.68. The van der Waals surface area contributed by atoms with Crippen molar-refractivity contribution in [2.75, 3.05) is 6.54 Å². The first-order valence-electron chi connectivity index (χ1n) is 6.44. The molecule has 0 aromatic carbocycles. The highest BCUT2D eigenvalue weighted by Crippen LogP contribution is 2.54. The number of ether oxygens (including phenoxy) is 1. The maximum absolute atomic E-state index is 12.3. The van der Waals surface area contributed by atoms with Gasteiger partial charge in [0.2, 0.25) is 0 Å². The number of hydrogen-bond donors (Lipinski definition) is 0. The maximum atomic E-state index is 12.3. The van der Waals surface area contributed by atoms with Crippen LogP contribution in [-0.2, 0) is 9.53 Å². The first kappa shape index (κ1) is 10.6. The molecule has 90 valence electrons. The Bertz CT molecular complexity index is 329. The van der Waals surface area contributed by atoms with Gasteiger partial charge in [-0.3, -0.25) is 4.90 Å². The molecule has 16 heavy (non-hydrogen) atoms. The van der Waals surface area contributed by atoms with E-state index in [0.29, 0.717) is 5.92 Å². The zero-order valence-electron chi connectivity index (χ0n) is 10.5. The van der Waals surface area contributed by atoms with Gasteiger partial charge in [-0.25, -0.2) is 4.79 Å². The van der Waals surface area contributed by atoms with Crippen LogP contribution in [0.3, 0.4) is 0 Å². The van der Waals surface area contributed by atoms with Crippen molar-refractivity contribution in [1.82, 2.24) is 4.90 Å². The van der Waals surface area contributed by atoms with E-state index in [1.807, 2.05) is 0 Å². The van der Waals surface area contributed by atoms with E-state index in [1.54, 1.807) is 0 Å². The normalized spacial score (nSPS) is 39.9. The number of esters is 1. The van der Waals surface area contributed by atoms with Crippen LogP contribution in [-0.4, -0.2) is 29.2 Å². The van der Waals surface area contributed by atoms with Gasteiger partial charge < -0.3 is 4.74 Å². The fraction of sp³-hybridized carbons (Fsp3) is 0.923. The van der Waals surface area contributed by atoms with Crippen molar-refractivity contribution in [2.45, 2.75) is 58.2 Å². The average molecular weight is 223 g/mol. The first-order chi connectivity index (χ1) is 7.46. The summed E-state index contributed by atoms with van der Waals surface area (Å²) in [6.07, 6.45) is 4.58. The monoisotopic (exact) mass is 223 g/mol. The van der Waals surface area contributed by atoms with E-state index in [9.17, 15) is 4.79 Å². The second-order valence-electron chi connectivity index (χ2n) is 6.62. The van der Waals surface area contributed by atoms with E-state index in [2.05, 4.69) is 25.7 Å². The van der Waals surface area contributed by atoms with Gasteiger partial charge in [-0.1, -0.05) is 20.8 Å². The average Bonchev–Trinajstić information content (AvgIpc) is 2.86. The van der Waals surface area contributed by atoms with Crippen molar-refractivity contribution in [1.29, 1.82) is 0 Å². The Hall–Kier alpha value is -0.570. The number of fused-ring (bicyclic) bond motifs is 1. The van der Waals surface area contributed by atoms with Crippen molar-refractivity contribution < 1.29 is 9.53 Å². The molecule has 2 heterocycles. The van der Waals surface area contributed by atoms with Gasteiger partial charge in [-0.05, 0) is 31.6 Å². The number of carbonyl (C=O) groups excluding carboxylic acids is 1. The van der Waals surface area contributed by atoms with Crippen LogP contribution in [0.1, 0.15) is 46.5 Å². The lowest BCUT2D eigenvalue weighted by Crippen LogP contribution is -2.50. The van der Waals surface area contributed by atoms with Crippen LogP contribution in [0.2, 0.25) is 0 Å². The molecule has 2 atom stereocenters. The third kappa shape index (κ3) is 1.21. The fourth-order valence-corrected chi connectivity index (χ4v) is 3.49. The second-order valence-corrected chi connectivity index (χ2v) is 6.62. The smallest absolute Gasteiger partial charge is 0.328 e. The topological polar surface area (TPSA) is 29.5 Å². The Morgan fingerprint density at radius 3 is 2.62 bits per heavy atom. The lowest BCUT2D eigenvalue weighted by Gasteiger charge is -2.35. The molecule has 3 fully saturated rings. The van der Waals surface area contributed by atoms with Crippen molar-refractivity contribution in [3.8, 4) is 0 Å². The Kier molecular flexibility index (Phi) is 1.99. The van der Waals surface area contributed by atoms with Crippen molar-refractivity contribution in [3.05, 3.63) is 0 Å². The predicted octanol–water partition coefficient (Wildman–Crippen LogP) is 2.16. The molecule has 3 aliphatic rings. The van der Waals surface area contributed by atoms with Gasteiger partial charge in [-0.15, -0.1) is 0 Å². The Labute approximate surface area is 97.1 Å². The third-order valence-corrected chi connectivity index (χ3v) is 4.32. The molecule has 0 bridgehead atoms. The van der Waals surface area contributed by atoms with Crippen LogP contribution in [0.4, 0.5) is 0 Å². The standard InChI is InChI=1S/C13H21NO2/c1-12(2,3)10-14-8-4-7-13(14,9-5-6-9)11(15)16-10/h9-10H,4-8H2,1-3H3/t10-,13-/m0/s1. The SMILES string of the molecule is CC(C)(C)[C@@H]1OC(=O)[C@@]2(C3CC3)CCCN12. The van der Waals surface area contributed by atoms with Crippen LogP contribution in [0, 0.1) is 11.3 Å². The van der Waals surface area contributed by atoms with Crippen LogP contribution >= 0.6 is 0 Å². The summed E-state index contributed by atoms with van der Waals surface area (Å²) in [5.41, 5.74) is -0.200. The first-order valence-corrected chi connectivity index (χ1v) is 6.44. The van der Waals surface area contributed by atoms with Gasteiger partial charge in [0.1, 0.15) is 5.54 Å². The zero-order chi connectivity index (χ0) is 11.6. The van der Waals surface area contributed by atoms with Crippen LogP contribution in [0.5, 0.6) is 0 Å². The van der Waals surface area contributed by atoms with Crippen LogP contribution < -0.4 is 0 Å². The molecule has 2 aliphatic heterocycles. The molecule has 0 aromatic heterocycles. The van der Waals surface area contributed by atoms with Crippen molar-refractivity contribution >= 4 is 5.97 Å². The lowest BCUT2D eigenvalue weighted by molar-refractivity contribution is -0.150. The molecule has 2 saturated heterocycles. The molecule has 0 radical (unpaired) electrons. The highest BCUT2D eigenvalue weighted by molar-refractivity contribution is 5.84. The van der Waals surface area contributed by atoms with Gasteiger partial charge in [-0.2, -0.15) is 0 Å². The van der Waals surface area contributed by atoms with E-state index in [4.69, 9.17) is 4.74 Å². The molecule has 1 saturated carbocycles. The largest absolute Gasteiger partial charge is 0.444 e. The molecule has 0 N–H and O–H groups in total. The molecular formula is C13H21NO2. The van der Waals surface area contributed by atoms with Crippen LogP contribution in [0.25, 0.3) is 0 Å². The number of hydrogen-bond acceptors (Lipinski definition) is 3. The van der Waals surface area contributed by atoms with Gasteiger partial charge in [0, 0.05) is 12.0 Å². The highest BCUT2D eigenvalue weighted by atomic mass is 16.6. The van der Waals surface area contributed by atoms with Gasteiger partial charge in [0.25, 0.3) is 0 Å². The van der Waals surface area contributed by atoms with E-state index < -0.39 is 0 Å². The quantitative estimate of drug-likeness (QED) is 0.638. The minimum absolute atomic E-state index is 0.0110. The predicted molar refractivity (Wildman–Crippen MR) is 60.7 cm³/mol. The van der Waals surface area contributed by atoms with Gasteiger partial charge >= 0.3 is 5.97 Å². The summed E-state index contributed by atoms with van der Waals surface area (Å²) in [5, 5.41) is 0. The van der Waals surface area contributed by atoms with Crippen LogP contribution in [0.15, 0.2) is 0 Å². The molecular weight excluding hydrogens is 202 g/mol. The molecule has 1 aliphatic carbocycles. The molecule has 3 nitrogen and oxygen atoms in total. The Morgan fingerprint density at radius 2 is 2.06 bits per heavy atom. The summed E-state index contributed by atoms with van der Waals surface area (Å²) in [6.45, 7) is 7.51. The molecule has 0 amide bonds. The number of cyclic esters (lactones) is 1. The zero-order valence-corrected chi connectivity index (χ0v) is 10.5. The highest BCUT2D eigenvalue weighted by Gasteiger charge is 2.65. The summed E-state index contributed by atoms with van der Waals surface area (Å²) in [4.78, 5) is 14.6. The third-order valence-electron chi connectivity index (χ3n) is 4.32. The molecule has 0 aromatic rings. The summed E-state index contributed by atoms with van der Waals surface area (Å²) >= 11 is 0. The Morgan fingerprint density at radius 1 is 1.38 bits per heavy atom. The summed E-state index contributed by atoms with van der Waals surface area (Å²) in [7, 11) is 0. The summed E-state index contributed by atoms with van der Waals surface area (Å²) in [6, 6.07) is 0. The van der Waals surface area contributed by atoms with E-state index in [1.165, 1.54) is 12.8 Å². The minimum atomic E-state index is -0.224. The fourth-order valence-electron chi connectivity index (χ4n) is 3.49. The van der Waals surface area contributed by atoms with Gasteiger partial charge in [0.15, 0.2) is 6.23 Å². The number of rotatable bonds is 1. The van der Waals surface area contributed by atoms with E-state index in [-0.39, 0.29) is 23.2 Å². The second kappa shape index (κ2) is 3.00. The maximum Gasteiger partial charge on any atom is 0.328 e. The minimum Gasteiger partial charge on any atom is -0.444 e. The van der Waals surface area contributed by atoms with E-state index in [0.717, 1.165) is 19.4 Å². The number of nitrogens with zero attached hydrogens (tertiary/aromatic N) is 1. The van der Waals surface area contributed by atoms with Crippen molar-refractivity contribution in [2.24, 2.45) is 11.3 Å². The molecule has 0 spiro atoms. The summed E-state index contributed by atoms with van der Waals surface area (Å²) in [5.74, 6) is 0.641. The van der Waals surface area contributed by atoms with Gasteiger partial charge in [0.05, 0.1) is 0 Å². The van der Waals surface area contributed by atoms with E-state index >= 15 is 0 Å². The lowest BCUT2D eigenvalue weighted by atomic mass is 9.88. The molecule has 3 rings (SSSR count). The number of carbonyl (C=O) groups is 1. The van der Waals surface area contributed by atoms with Crippen molar-refractivity contribution in [3.63, 3.8) is 0 Å². The molecule has 3 heteroatoms. The molecule has 0 unspecified atom stereocenters. The Balaban J connectivity index is 1.96.